The second kappa shape index (κ2) is 9.72. The maximum absolute atomic E-state index is 12.6. The van der Waals surface area contributed by atoms with E-state index in [-0.39, 0.29) is 11.8 Å². The van der Waals surface area contributed by atoms with Crippen LogP contribution in [-0.2, 0) is 4.79 Å². The topological polar surface area (TPSA) is 44.4 Å². The van der Waals surface area contributed by atoms with Gasteiger partial charge in [-0.3, -0.25) is 9.69 Å². The molecule has 0 saturated carbocycles. The van der Waals surface area contributed by atoms with Crippen LogP contribution < -0.4 is 10.6 Å². The van der Waals surface area contributed by atoms with E-state index in [1.54, 1.807) is 0 Å². The number of benzene rings is 2. The Morgan fingerprint density at radius 3 is 2.50 bits per heavy atom. The summed E-state index contributed by atoms with van der Waals surface area (Å²) in [6.45, 7) is 5.72. The molecular weight excluding hydrogens is 346 g/mol. The molecule has 0 aliphatic carbocycles. The Kier molecular flexibility index (Phi) is 7.06. The van der Waals surface area contributed by atoms with Gasteiger partial charge in [-0.05, 0) is 17.2 Å². The molecule has 3 rings (SSSR count). The van der Waals surface area contributed by atoms with Crippen LogP contribution in [0.4, 0.5) is 0 Å². The van der Waals surface area contributed by atoms with E-state index in [9.17, 15) is 4.79 Å². The summed E-state index contributed by atoms with van der Waals surface area (Å²) >= 11 is 6.41. The van der Waals surface area contributed by atoms with Gasteiger partial charge in [-0.25, -0.2) is 0 Å². The molecule has 0 aromatic heterocycles. The normalized spacial score (nSPS) is 16.2. The summed E-state index contributed by atoms with van der Waals surface area (Å²) in [7, 11) is 0. The molecule has 2 N–H and O–H groups in total. The molecule has 138 valence electrons. The fourth-order valence-corrected chi connectivity index (χ4v) is 3.66. The van der Waals surface area contributed by atoms with Crippen LogP contribution in [0.25, 0.3) is 0 Å². The third-order valence-corrected chi connectivity index (χ3v) is 5.18. The maximum atomic E-state index is 12.6. The lowest BCUT2D eigenvalue weighted by Crippen LogP contribution is -2.46. The van der Waals surface area contributed by atoms with Gasteiger partial charge in [0.15, 0.2) is 0 Å². The van der Waals surface area contributed by atoms with Crippen LogP contribution in [0.5, 0.6) is 0 Å². The van der Waals surface area contributed by atoms with E-state index in [2.05, 4.69) is 27.7 Å². The largest absolute Gasteiger partial charge is 0.355 e. The fourth-order valence-electron chi connectivity index (χ4n) is 3.40. The molecule has 1 amide bonds. The molecule has 2 aromatic carbocycles. The summed E-state index contributed by atoms with van der Waals surface area (Å²) in [6, 6.07) is 17.9. The number of piperazine rings is 1. The van der Waals surface area contributed by atoms with E-state index in [1.165, 1.54) is 0 Å². The first-order valence-electron chi connectivity index (χ1n) is 9.23. The minimum Gasteiger partial charge on any atom is -0.355 e. The lowest BCUT2D eigenvalue weighted by molar-refractivity contribution is -0.121. The maximum Gasteiger partial charge on any atom is 0.220 e. The summed E-state index contributed by atoms with van der Waals surface area (Å²) in [5.41, 5.74) is 2.11. The van der Waals surface area contributed by atoms with Crippen molar-refractivity contribution in [1.29, 1.82) is 0 Å². The molecule has 1 saturated heterocycles. The van der Waals surface area contributed by atoms with Gasteiger partial charge in [0.25, 0.3) is 0 Å². The number of rotatable bonds is 7. The van der Waals surface area contributed by atoms with Crippen molar-refractivity contribution in [1.82, 2.24) is 15.5 Å². The van der Waals surface area contributed by atoms with Crippen LogP contribution in [0.2, 0.25) is 5.02 Å². The van der Waals surface area contributed by atoms with Crippen molar-refractivity contribution >= 4 is 17.5 Å². The number of carbonyl (C=O) groups is 1. The van der Waals surface area contributed by atoms with Gasteiger partial charge in [-0.2, -0.15) is 0 Å². The van der Waals surface area contributed by atoms with Gasteiger partial charge >= 0.3 is 0 Å². The zero-order valence-electron chi connectivity index (χ0n) is 15.0. The summed E-state index contributed by atoms with van der Waals surface area (Å²) < 4.78 is 0. The lowest BCUT2D eigenvalue weighted by Gasteiger charge is -2.27. The molecule has 0 radical (unpaired) electrons. The highest BCUT2D eigenvalue weighted by Crippen LogP contribution is 2.32. The zero-order chi connectivity index (χ0) is 18.2. The Morgan fingerprint density at radius 2 is 1.77 bits per heavy atom. The minimum atomic E-state index is -0.0379. The van der Waals surface area contributed by atoms with Gasteiger partial charge in [-0.1, -0.05) is 60.1 Å². The standard InChI is InChI=1S/C21H26ClN3O/c22-20-9-5-4-8-18(20)19(17-6-2-1-3-7-17)16-21(26)24-12-15-25-13-10-23-11-14-25/h1-9,19,23H,10-16H2,(H,24,26). The minimum absolute atomic E-state index is 0.0379. The van der Waals surface area contributed by atoms with Gasteiger partial charge in [0, 0.05) is 56.6 Å². The molecule has 0 spiro atoms. The van der Waals surface area contributed by atoms with Gasteiger partial charge in [0.05, 0.1) is 0 Å². The van der Waals surface area contributed by atoms with Crippen molar-refractivity contribution in [3.8, 4) is 0 Å². The number of nitrogens with one attached hydrogen (secondary N) is 2. The van der Waals surface area contributed by atoms with Crippen LogP contribution in [0.3, 0.4) is 0 Å². The van der Waals surface area contributed by atoms with Crippen LogP contribution in [0.15, 0.2) is 54.6 Å². The van der Waals surface area contributed by atoms with Crippen molar-refractivity contribution in [2.75, 3.05) is 39.3 Å². The molecule has 1 aliphatic heterocycles. The number of hydrogen-bond donors (Lipinski definition) is 2. The Bertz CT molecular complexity index is 701. The third-order valence-electron chi connectivity index (χ3n) is 4.83. The average molecular weight is 372 g/mol. The number of hydrogen-bond acceptors (Lipinski definition) is 3. The summed E-state index contributed by atoms with van der Waals surface area (Å²) in [6.07, 6.45) is 0.398. The molecule has 1 aliphatic rings. The smallest absolute Gasteiger partial charge is 0.220 e. The predicted octanol–water partition coefficient (Wildman–Crippen LogP) is 2.88. The van der Waals surface area contributed by atoms with Gasteiger partial charge in [0.1, 0.15) is 0 Å². The molecule has 1 atom stereocenters. The number of carbonyl (C=O) groups excluding carboxylic acids is 1. The van der Waals surface area contributed by atoms with E-state index in [0.717, 1.165) is 43.9 Å². The highest BCUT2D eigenvalue weighted by Gasteiger charge is 2.20. The molecular formula is C21H26ClN3O. The van der Waals surface area contributed by atoms with Gasteiger partial charge in [-0.15, -0.1) is 0 Å². The van der Waals surface area contributed by atoms with Crippen molar-refractivity contribution in [3.63, 3.8) is 0 Å². The summed E-state index contributed by atoms with van der Waals surface area (Å²) in [4.78, 5) is 14.9. The van der Waals surface area contributed by atoms with Crippen molar-refractivity contribution in [2.24, 2.45) is 0 Å². The second-order valence-electron chi connectivity index (χ2n) is 6.63. The fraction of sp³-hybridized carbons (Fsp3) is 0.381. The van der Waals surface area contributed by atoms with E-state index in [0.29, 0.717) is 18.0 Å². The predicted molar refractivity (Wildman–Crippen MR) is 107 cm³/mol. The summed E-state index contributed by atoms with van der Waals surface area (Å²) in [5, 5.41) is 7.12. The van der Waals surface area contributed by atoms with Gasteiger partial charge < -0.3 is 10.6 Å². The molecule has 5 heteroatoms. The van der Waals surface area contributed by atoms with Crippen LogP contribution in [-0.4, -0.2) is 50.1 Å². The highest BCUT2D eigenvalue weighted by molar-refractivity contribution is 6.31. The van der Waals surface area contributed by atoms with E-state index in [4.69, 9.17) is 11.6 Å². The van der Waals surface area contributed by atoms with Crippen molar-refractivity contribution < 1.29 is 4.79 Å². The van der Waals surface area contributed by atoms with Crippen molar-refractivity contribution in [3.05, 3.63) is 70.7 Å². The summed E-state index contributed by atoms with van der Waals surface area (Å²) in [5.74, 6) is 0.0259. The second-order valence-corrected chi connectivity index (χ2v) is 7.04. The molecule has 2 aromatic rings. The SMILES string of the molecule is O=C(CC(c1ccccc1)c1ccccc1Cl)NCCN1CCNCC1. The van der Waals surface area contributed by atoms with E-state index in [1.807, 2.05) is 42.5 Å². The third kappa shape index (κ3) is 5.31. The van der Waals surface area contributed by atoms with Crippen LogP contribution in [0.1, 0.15) is 23.5 Å². The van der Waals surface area contributed by atoms with E-state index < -0.39 is 0 Å². The molecule has 1 heterocycles. The number of amides is 1. The van der Waals surface area contributed by atoms with E-state index >= 15 is 0 Å². The van der Waals surface area contributed by atoms with Crippen LogP contribution >= 0.6 is 11.6 Å². The Balaban J connectivity index is 1.62. The Labute approximate surface area is 160 Å². The highest BCUT2D eigenvalue weighted by atomic mass is 35.5. The van der Waals surface area contributed by atoms with Crippen LogP contribution in [0, 0.1) is 0 Å². The quantitative estimate of drug-likeness (QED) is 0.786. The van der Waals surface area contributed by atoms with Crippen molar-refractivity contribution in [2.45, 2.75) is 12.3 Å². The number of halogens is 1. The monoisotopic (exact) mass is 371 g/mol. The lowest BCUT2D eigenvalue weighted by atomic mass is 9.88. The average Bonchev–Trinajstić information content (AvgIpc) is 2.68. The molecule has 1 unspecified atom stereocenters. The first-order chi connectivity index (χ1) is 12.7. The zero-order valence-corrected chi connectivity index (χ0v) is 15.7. The van der Waals surface area contributed by atoms with Gasteiger partial charge in [0.2, 0.25) is 5.91 Å². The first kappa shape index (κ1) is 18.9. The Morgan fingerprint density at radius 1 is 1.08 bits per heavy atom. The Hall–Kier alpha value is -1.88. The number of nitrogens with zero attached hydrogens (tertiary/aromatic N) is 1. The molecule has 4 nitrogen and oxygen atoms in total. The molecule has 1 fully saturated rings. The first-order valence-corrected chi connectivity index (χ1v) is 9.61. The molecule has 26 heavy (non-hydrogen) atoms. The molecule has 0 bridgehead atoms.